The zero-order valence-corrected chi connectivity index (χ0v) is 4.76. The third kappa shape index (κ3) is 0.980. The summed E-state index contributed by atoms with van der Waals surface area (Å²) in [4.78, 5) is 0. The monoisotopic (exact) mass is 115 g/mol. The molecule has 1 fully saturated rings. The lowest BCUT2D eigenvalue weighted by Crippen LogP contribution is -2.52. The van der Waals surface area contributed by atoms with E-state index < -0.39 is 0 Å². The molecule has 0 saturated carbocycles. The largest absolute Gasteiger partial charge is 0.366 e. The van der Waals surface area contributed by atoms with Crippen molar-refractivity contribution in [2.75, 3.05) is 6.61 Å². The zero-order valence-electron chi connectivity index (χ0n) is 4.76. The van der Waals surface area contributed by atoms with Gasteiger partial charge in [-0.1, -0.05) is 0 Å². The number of hydrogen-bond donors (Lipinski definition) is 2. The number of rotatable bonds is 1. The first-order valence-corrected chi connectivity index (χ1v) is 2.80. The molecule has 0 spiro atoms. The molecule has 1 rings (SSSR count). The average molecular weight is 115 g/mol. The molecule has 46 valence electrons. The van der Waals surface area contributed by atoms with Crippen LogP contribution >= 0.6 is 0 Å². The molecular weight excluding hydrogens is 104 g/mol. The van der Waals surface area contributed by atoms with Crippen molar-refractivity contribution in [1.29, 1.82) is 0 Å². The lowest BCUT2D eigenvalue weighted by Gasteiger charge is -1.98. The van der Waals surface area contributed by atoms with Crippen LogP contribution in [0.4, 0.5) is 0 Å². The Bertz CT molecular complexity index is 96.6. The molecule has 1 aliphatic rings. The maximum absolute atomic E-state index is 5.27. The molecule has 4 N–H and O–H groups in total. The van der Waals surface area contributed by atoms with E-state index in [1.165, 1.54) is 0 Å². The number of nitrogens with two attached hydrogens (primary N) is 2. The second kappa shape index (κ2) is 2.13. The van der Waals surface area contributed by atoms with Crippen molar-refractivity contribution in [2.45, 2.75) is 18.9 Å². The second-order valence-corrected chi connectivity index (χ2v) is 2.00. The molecule has 0 unspecified atom stereocenters. The standard InChI is InChI=1S/C5H10N2O/c6-5(7)4-2-1-3-8-4/h4H,1-3H2,(H3,6,7)/p+1/t4-/m0/s1. The maximum atomic E-state index is 5.27. The highest BCUT2D eigenvalue weighted by atomic mass is 16.5. The molecule has 0 aromatic heterocycles. The molecule has 8 heavy (non-hydrogen) atoms. The SMILES string of the molecule is NC(=[NH2+])[C@@H]1CCCO1. The van der Waals surface area contributed by atoms with Gasteiger partial charge >= 0.3 is 0 Å². The Balaban J connectivity index is 2.35. The van der Waals surface area contributed by atoms with E-state index in [0.717, 1.165) is 19.4 Å². The van der Waals surface area contributed by atoms with Crippen LogP contribution in [0.25, 0.3) is 0 Å². The third-order valence-corrected chi connectivity index (χ3v) is 1.30. The van der Waals surface area contributed by atoms with E-state index in [2.05, 4.69) is 0 Å². The van der Waals surface area contributed by atoms with Gasteiger partial charge in [0.05, 0.1) is 0 Å². The topological polar surface area (TPSA) is 60.8 Å². The molecule has 1 saturated heterocycles. The predicted molar refractivity (Wildman–Crippen MR) is 30.1 cm³/mol. The summed E-state index contributed by atoms with van der Waals surface area (Å²) in [6.07, 6.45) is 2.11. The highest BCUT2D eigenvalue weighted by molar-refractivity contribution is 5.78. The van der Waals surface area contributed by atoms with Crippen LogP contribution in [-0.2, 0) is 4.74 Å². The molecule has 1 aliphatic heterocycles. The Morgan fingerprint density at radius 1 is 1.75 bits per heavy atom. The van der Waals surface area contributed by atoms with E-state index in [4.69, 9.17) is 15.9 Å². The third-order valence-electron chi connectivity index (χ3n) is 1.30. The molecule has 1 atom stereocenters. The van der Waals surface area contributed by atoms with E-state index in [1.54, 1.807) is 0 Å². The quantitative estimate of drug-likeness (QED) is 0.315. The molecule has 3 heteroatoms. The van der Waals surface area contributed by atoms with Gasteiger partial charge in [-0.3, -0.25) is 11.1 Å². The summed E-state index contributed by atoms with van der Waals surface area (Å²) >= 11 is 0. The van der Waals surface area contributed by atoms with Crippen molar-refractivity contribution >= 4 is 5.84 Å². The van der Waals surface area contributed by atoms with Crippen LogP contribution in [0.2, 0.25) is 0 Å². The van der Waals surface area contributed by atoms with Crippen LogP contribution in [0, 0.1) is 0 Å². The molecule has 0 aliphatic carbocycles. The van der Waals surface area contributed by atoms with E-state index in [1.807, 2.05) is 0 Å². The van der Waals surface area contributed by atoms with Crippen LogP contribution in [0.5, 0.6) is 0 Å². The Hall–Kier alpha value is -0.570. The fraction of sp³-hybridized carbons (Fsp3) is 0.800. The van der Waals surface area contributed by atoms with Gasteiger partial charge in [-0.25, -0.2) is 0 Å². The highest BCUT2D eigenvalue weighted by Gasteiger charge is 2.21. The van der Waals surface area contributed by atoms with Crippen molar-refractivity contribution in [3.8, 4) is 0 Å². The Morgan fingerprint density at radius 2 is 2.50 bits per heavy atom. The normalized spacial score (nSPS) is 28.2. The van der Waals surface area contributed by atoms with Gasteiger partial charge < -0.3 is 4.74 Å². The minimum absolute atomic E-state index is 0.0370. The van der Waals surface area contributed by atoms with Crippen LogP contribution < -0.4 is 11.1 Å². The molecule has 0 aromatic carbocycles. The van der Waals surface area contributed by atoms with E-state index >= 15 is 0 Å². The number of amidine groups is 1. The number of ether oxygens (including phenoxy) is 1. The molecule has 0 radical (unpaired) electrons. The van der Waals surface area contributed by atoms with Gasteiger partial charge in [0.2, 0.25) is 0 Å². The van der Waals surface area contributed by atoms with E-state index in [-0.39, 0.29) is 6.10 Å². The second-order valence-electron chi connectivity index (χ2n) is 2.00. The highest BCUT2D eigenvalue weighted by Crippen LogP contribution is 2.09. The van der Waals surface area contributed by atoms with Gasteiger partial charge in [-0.15, -0.1) is 0 Å². The molecule has 0 bridgehead atoms. The minimum atomic E-state index is 0.0370. The van der Waals surface area contributed by atoms with Gasteiger partial charge in [-0.2, -0.15) is 0 Å². The van der Waals surface area contributed by atoms with Gasteiger partial charge in [0, 0.05) is 6.61 Å². The molecular formula is C5H11N2O+. The summed E-state index contributed by atoms with van der Waals surface area (Å²) in [7, 11) is 0. The fourth-order valence-corrected chi connectivity index (χ4v) is 0.841. The maximum Gasteiger partial charge on any atom is 0.267 e. The average Bonchev–Trinajstić information content (AvgIpc) is 2.12. The molecule has 1 heterocycles. The van der Waals surface area contributed by atoms with Crippen molar-refractivity contribution in [1.82, 2.24) is 0 Å². The summed E-state index contributed by atoms with van der Waals surface area (Å²) in [5.74, 6) is 0.419. The molecule has 3 nitrogen and oxygen atoms in total. The van der Waals surface area contributed by atoms with Crippen molar-refractivity contribution in [3.05, 3.63) is 0 Å². The van der Waals surface area contributed by atoms with Crippen molar-refractivity contribution in [3.63, 3.8) is 0 Å². The van der Waals surface area contributed by atoms with Gasteiger partial charge in [-0.05, 0) is 12.8 Å². The predicted octanol–water partition coefficient (Wildman–Crippen LogP) is -1.72. The van der Waals surface area contributed by atoms with E-state index in [9.17, 15) is 0 Å². The zero-order chi connectivity index (χ0) is 5.98. The number of hydrogen-bond acceptors (Lipinski definition) is 1. The fourth-order valence-electron chi connectivity index (χ4n) is 0.841. The summed E-state index contributed by atoms with van der Waals surface area (Å²) in [6.45, 7) is 0.808. The molecule has 0 amide bonds. The summed E-state index contributed by atoms with van der Waals surface area (Å²) in [6, 6.07) is 0. The summed E-state index contributed by atoms with van der Waals surface area (Å²) in [5.41, 5.74) is 5.27. The first-order valence-electron chi connectivity index (χ1n) is 2.80. The van der Waals surface area contributed by atoms with Crippen LogP contribution in [-0.4, -0.2) is 18.5 Å². The Kier molecular flexibility index (Phi) is 1.48. The molecule has 0 aromatic rings. The van der Waals surface area contributed by atoms with E-state index in [0.29, 0.717) is 5.84 Å². The van der Waals surface area contributed by atoms with Gasteiger partial charge in [0.1, 0.15) is 0 Å². The van der Waals surface area contributed by atoms with Crippen LogP contribution in [0.15, 0.2) is 0 Å². The lowest BCUT2D eigenvalue weighted by atomic mass is 10.2. The smallest absolute Gasteiger partial charge is 0.267 e. The van der Waals surface area contributed by atoms with Crippen LogP contribution in [0.1, 0.15) is 12.8 Å². The Labute approximate surface area is 48.3 Å². The first-order chi connectivity index (χ1) is 3.80. The first kappa shape index (κ1) is 5.56. The van der Waals surface area contributed by atoms with Crippen LogP contribution in [0.3, 0.4) is 0 Å². The summed E-state index contributed by atoms with van der Waals surface area (Å²) in [5, 5.41) is 5.27. The van der Waals surface area contributed by atoms with Crippen molar-refractivity contribution < 1.29 is 10.1 Å². The van der Waals surface area contributed by atoms with Gasteiger partial charge in [0.15, 0.2) is 6.10 Å². The minimum Gasteiger partial charge on any atom is -0.366 e. The Morgan fingerprint density at radius 3 is 2.75 bits per heavy atom. The van der Waals surface area contributed by atoms with Gasteiger partial charge in [0.25, 0.3) is 5.84 Å². The van der Waals surface area contributed by atoms with Crippen molar-refractivity contribution in [2.24, 2.45) is 5.73 Å². The summed E-state index contributed by atoms with van der Waals surface area (Å²) < 4.78 is 5.13. The lowest BCUT2D eigenvalue weighted by molar-refractivity contribution is -0.126.